The van der Waals surface area contributed by atoms with Crippen LogP contribution in [-0.4, -0.2) is 42.8 Å². The highest BCUT2D eigenvalue weighted by Crippen LogP contribution is 2.34. The summed E-state index contributed by atoms with van der Waals surface area (Å²) in [7, 11) is 0. The molecule has 0 spiro atoms. The zero-order valence-electron chi connectivity index (χ0n) is 23.1. The second-order valence-electron chi connectivity index (χ2n) is 10.2. The van der Waals surface area contributed by atoms with Crippen LogP contribution in [0.25, 0.3) is 33.8 Å². The predicted molar refractivity (Wildman–Crippen MR) is 154 cm³/mol. The van der Waals surface area contributed by atoms with E-state index in [-0.39, 0.29) is 6.03 Å². The summed E-state index contributed by atoms with van der Waals surface area (Å²) in [5.41, 5.74) is 10.4. The van der Waals surface area contributed by atoms with Gasteiger partial charge in [0.05, 0.1) is 35.4 Å². The predicted octanol–water partition coefficient (Wildman–Crippen LogP) is 6.27. The normalized spacial score (nSPS) is 12.8. The van der Waals surface area contributed by atoms with Gasteiger partial charge in [0.15, 0.2) is 5.82 Å². The van der Waals surface area contributed by atoms with Crippen LogP contribution in [0.4, 0.5) is 10.5 Å². The quantitative estimate of drug-likeness (QED) is 0.275. The molecule has 40 heavy (non-hydrogen) atoms. The van der Waals surface area contributed by atoms with E-state index in [9.17, 15) is 4.79 Å². The van der Waals surface area contributed by atoms with Gasteiger partial charge in [-0.05, 0) is 56.0 Å². The number of amides is 2. The summed E-state index contributed by atoms with van der Waals surface area (Å²) in [6, 6.07) is 14.2. The minimum Gasteiger partial charge on any atom is -0.361 e. The second kappa shape index (κ2) is 10.4. The Morgan fingerprint density at radius 2 is 1.95 bits per heavy atom. The van der Waals surface area contributed by atoms with Crippen molar-refractivity contribution in [3.63, 3.8) is 0 Å². The molecule has 0 radical (unpaired) electrons. The molecule has 0 bridgehead atoms. The lowest BCUT2D eigenvalue weighted by molar-refractivity contribution is 0.206. The van der Waals surface area contributed by atoms with Gasteiger partial charge in [0, 0.05) is 41.5 Å². The van der Waals surface area contributed by atoms with E-state index in [1.54, 1.807) is 6.20 Å². The fraction of sp³-hybridized carbons (Fsp3) is 0.258. The molecule has 202 valence electrons. The molecule has 0 saturated heterocycles. The average molecular weight is 534 g/mol. The van der Waals surface area contributed by atoms with Gasteiger partial charge in [-0.1, -0.05) is 42.4 Å². The lowest BCUT2D eigenvalue weighted by Gasteiger charge is -2.30. The molecular formula is C31H31N7O2. The molecule has 6 rings (SSSR count). The van der Waals surface area contributed by atoms with Crippen molar-refractivity contribution in [2.24, 2.45) is 0 Å². The highest BCUT2D eigenvalue weighted by Gasteiger charge is 2.28. The molecular weight excluding hydrogens is 502 g/mol. The van der Waals surface area contributed by atoms with Gasteiger partial charge in [-0.2, -0.15) is 5.10 Å². The first-order chi connectivity index (χ1) is 19.4. The Morgan fingerprint density at radius 3 is 2.67 bits per heavy atom. The fourth-order valence-electron chi connectivity index (χ4n) is 5.31. The van der Waals surface area contributed by atoms with Crippen molar-refractivity contribution in [1.82, 2.24) is 30.2 Å². The second-order valence-corrected chi connectivity index (χ2v) is 10.2. The van der Waals surface area contributed by atoms with Gasteiger partial charge >= 0.3 is 6.03 Å². The lowest BCUT2D eigenvalue weighted by Crippen LogP contribution is -2.39. The van der Waals surface area contributed by atoms with Crippen LogP contribution in [-0.2, 0) is 19.4 Å². The molecule has 2 N–H and O–H groups in total. The van der Waals surface area contributed by atoms with Gasteiger partial charge in [-0.3, -0.25) is 5.10 Å². The summed E-state index contributed by atoms with van der Waals surface area (Å²) in [6.07, 6.45) is 5.11. The number of carbonyl (C=O) groups is 1. The Balaban J connectivity index is 1.35. The van der Waals surface area contributed by atoms with Crippen LogP contribution >= 0.6 is 0 Å². The summed E-state index contributed by atoms with van der Waals surface area (Å²) in [5.74, 6) is 1.29. The number of hydrogen-bond donors (Lipinski definition) is 2. The summed E-state index contributed by atoms with van der Waals surface area (Å²) in [5, 5.41) is 14.2. The molecule has 3 aromatic heterocycles. The summed E-state index contributed by atoms with van der Waals surface area (Å²) in [6.45, 7) is 8.92. The van der Waals surface area contributed by atoms with E-state index in [1.165, 1.54) is 0 Å². The van der Waals surface area contributed by atoms with Gasteiger partial charge in [0.2, 0.25) is 0 Å². The van der Waals surface area contributed by atoms with Crippen LogP contribution in [0.15, 0.2) is 59.4 Å². The van der Waals surface area contributed by atoms with Crippen molar-refractivity contribution in [2.45, 2.75) is 47.1 Å². The van der Waals surface area contributed by atoms with Crippen molar-refractivity contribution in [3.05, 3.63) is 88.7 Å². The largest absolute Gasteiger partial charge is 0.361 e. The maximum absolute atomic E-state index is 13.6. The molecule has 0 unspecified atom stereocenters. The minimum atomic E-state index is -0.150. The number of aromatic nitrogens is 5. The highest BCUT2D eigenvalue weighted by molar-refractivity contribution is 5.91. The Morgan fingerprint density at radius 1 is 1.10 bits per heavy atom. The van der Waals surface area contributed by atoms with E-state index in [1.807, 2.05) is 49.2 Å². The van der Waals surface area contributed by atoms with Crippen molar-refractivity contribution >= 4 is 11.7 Å². The first-order valence-corrected chi connectivity index (χ1v) is 13.5. The molecule has 9 heteroatoms. The van der Waals surface area contributed by atoms with E-state index in [2.05, 4.69) is 52.7 Å². The first-order valence-electron chi connectivity index (χ1n) is 13.5. The van der Waals surface area contributed by atoms with Crippen molar-refractivity contribution in [3.8, 4) is 33.8 Å². The number of rotatable bonds is 5. The number of nitrogens with zero attached hydrogens (tertiary/aromatic N) is 5. The van der Waals surface area contributed by atoms with Gasteiger partial charge < -0.3 is 14.7 Å². The minimum absolute atomic E-state index is 0.150. The molecule has 9 nitrogen and oxygen atoms in total. The molecule has 2 aromatic carbocycles. The monoisotopic (exact) mass is 533 g/mol. The van der Waals surface area contributed by atoms with Crippen LogP contribution in [0.2, 0.25) is 0 Å². The number of benzene rings is 2. The molecule has 0 atom stereocenters. The SMILES string of the molecule is CCc1cc(NC(=O)N2CCc3nc(-c4c(C)noc4C)nc(-c4ccccc4C)c3C2)cc(-c2cn[nH]c2)c1. The van der Waals surface area contributed by atoms with E-state index < -0.39 is 0 Å². The molecule has 4 heterocycles. The molecule has 1 aliphatic heterocycles. The van der Waals surface area contributed by atoms with Gasteiger partial charge in [-0.15, -0.1) is 0 Å². The van der Waals surface area contributed by atoms with Crippen LogP contribution in [0.1, 0.15) is 40.8 Å². The van der Waals surface area contributed by atoms with E-state index in [0.717, 1.165) is 68.1 Å². The number of urea groups is 1. The van der Waals surface area contributed by atoms with Gasteiger partial charge in [-0.25, -0.2) is 14.8 Å². The van der Waals surface area contributed by atoms with Crippen LogP contribution in [0, 0.1) is 20.8 Å². The number of nitrogens with one attached hydrogen (secondary N) is 2. The third-order valence-electron chi connectivity index (χ3n) is 7.49. The van der Waals surface area contributed by atoms with Gasteiger partial charge in [0.1, 0.15) is 5.76 Å². The van der Waals surface area contributed by atoms with Crippen LogP contribution in [0.3, 0.4) is 0 Å². The Bertz CT molecular complexity index is 1690. The van der Waals surface area contributed by atoms with Crippen molar-refractivity contribution in [1.29, 1.82) is 0 Å². The van der Waals surface area contributed by atoms with Crippen molar-refractivity contribution in [2.75, 3.05) is 11.9 Å². The summed E-state index contributed by atoms with van der Waals surface area (Å²) >= 11 is 0. The lowest BCUT2D eigenvalue weighted by atomic mass is 9.96. The molecule has 2 amide bonds. The number of fused-ring (bicyclic) bond motifs is 1. The third-order valence-corrected chi connectivity index (χ3v) is 7.49. The summed E-state index contributed by atoms with van der Waals surface area (Å²) < 4.78 is 5.42. The maximum atomic E-state index is 13.6. The smallest absolute Gasteiger partial charge is 0.322 e. The van der Waals surface area contributed by atoms with Crippen molar-refractivity contribution < 1.29 is 9.32 Å². The van der Waals surface area contributed by atoms with E-state index in [0.29, 0.717) is 31.1 Å². The zero-order valence-corrected chi connectivity index (χ0v) is 23.1. The highest BCUT2D eigenvalue weighted by atomic mass is 16.5. The number of anilines is 1. The topological polar surface area (TPSA) is 113 Å². The van der Waals surface area contributed by atoms with Crippen LogP contribution < -0.4 is 5.32 Å². The Kier molecular flexibility index (Phi) is 6.63. The Hall–Kier alpha value is -4.79. The number of aryl methyl sites for hydroxylation is 4. The number of hydrogen-bond acceptors (Lipinski definition) is 6. The van der Waals surface area contributed by atoms with Crippen LogP contribution in [0.5, 0.6) is 0 Å². The summed E-state index contributed by atoms with van der Waals surface area (Å²) in [4.78, 5) is 25.4. The maximum Gasteiger partial charge on any atom is 0.322 e. The number of H-pyrrole nitrogens is 1. The molecule has 0 aliphatic carbocycles. The molecule has 1 aliphatic rings. The first kappa shape index (κ1) is 25.5. The molecule has 0 saturated carbocycles. The van der Waals surface area contributed by atoms with E-state index >= 15 is 0 Å². The number of carbonyl (C=O) groups excluding carboxylic acids is 1. The van der Waals surface area contributed by atoms with Gasteiger partial charge in [0.25, 0.3) is 0 Å². The Labute approximate surface area is 232 Å². The average Bonchev–Trinajstić information content (AvgIpc) is 3.62. The molecule has 0 fully saturated rings. The van der Waals surface area contributed by atoms with E-state index in [4.69, 9.17) is 14.5 Å². The number of aromatic amines is 1. The third kappa shape index (κ3) is 4.75. The fourth-order valence-corrected chi connectivity index (χ4v) is 5.31. The standard InChI is InChI=1S/C31H31N7O2/c1-5-21-12-22(23-15-32-33-16-23)14-24(13-21)34-31(39)38-11-10-27-26(17-38)29(25-9-7-6-8-18(25)2)36-30(35-27)28-19(3)37-40-20(28)4/h6-9,12-16H,5,10-11,17H2,1-4H3,(H,32,33)(H,34,39). The molecule has 5 aromatic rings. The zero-order chi connectivity index (χ0) is 27.8.